The molecule has 13 heavy (non-hydrogen) atoms. The molecule has 0 aliphatic carbocycles. The number of halogens is 1. The molecule has 0 saturated heterocycles. The number of hydrogen-bond acceptors (Lipinski definition) is 1. The van der Waals surface area contributed by atoms with E-state index in [0.717, 1.165) is 12.1 Å². The number of carbonyl (C=O) groups excluding carboxylic acids is 1. The molecule has 0 saturated carbocycles. The number of amides is 1. The Morgan fingerprint density at radius 3 is 2.92 bits per heavy atom. The van der Waals surface area contributed by atoms with Crippen molar-refractivity contribution >= 4 is 22.7 Å². The first-order valence-electron chi connectivity index (χ1n) is 4.27. The fraction of sp³-hybridized carbons (Fsp3) is 0.300. The molecule has 3 heteroatoms. The van der Waals surface area contributed by atoms with Crippen molar-refractivity contribution in [3.63, 3.8) is 0 Å². The molecule has 1 amide bonds. The number of carbonyl (C=O) groups is 1. The van der Waals surface area contributed by atoms with Crippen molar-refractivity contribution in [2.75, 3.05) is 4.90 Å². The fourth-order valence-corrected chi connectivity index (χ4v) is 2.09. The van der Waals surface area contributed by atoms with E-state index in [4.69, 9.17) is 11.6 Å². The lowest BCUT2D eigenvalue weighted by molar-refractivity contribution is 0.263. The summed E-state index contributed by atoms with van der Waals surface area (Å²) in [5, 5.41) is -0.391. The van der Waals surface area contributed by atoms with Gasteiger partial charge in [-0.2, -0.15) is 0 Å². The number of anilines is 1. The topological polar surface area (TPSA) is 20.3 Å². The summed E-state index contributed by atoms with van der Waals surface area (Å²) in [6.07, 6.45) is 0.897. The Bertz CT molecular complexity index is 351. The summed E-state index contributed by atoms with van der Waals surface area (Å²) in [6, 6.07) is 8.05. The summed E-state index contributed by atoms with van der Waals surface area (Å²) in [5.74, 6) is 0. The van der Waals surface area contributed by atoms with Crippen LogP contribution < -0.4 is 4.90 Å². The number of benzene rings is 1. The highest BCUT2D eigenvalue weighted by molar-refractivity contribution is 6.66. The van der Waals surface area contributed by atoms with E-state index < -0.39 is 5.37 Å². The van der Waals surface area contributed by atoms with Crippen LogP contribution in [-0.2, 0) is 6.42 Å². The van der Waals surface area contributed by atoms with E-state index in [2.05, 4.69) is 0 Å². The molecule has 0 aromatic heterocycles. The van der Waals surface area contributed by atoms with Gasteiger partial charge in [0.25, 0.3) is 0 Å². The van der Waals surface area contributed by atoms with E-state index in [-0.39, 0.29) is 6.04 Å². The zero-order valence-electron chi connectivity index (χ0n) is 7.33. The molecular formula is C10H10ClNO. The fourth-order valence-electron chi connectivity index (χ4n) is 1.83. The molecule has 0 fully saturated rings. The van der Waals surface area contributed by atoms with Gasteiger partial charge in [0.15, 0.2) is 0 Å². The van der Waals surface area contributed by atoms with Crippen molar-refractivity contribution in [3.05, 3.63) is 29.8 Å². The minimum absolute atomic E-state index is 0.183. The number of hydrogen-bond donors (Lipinski definition) is 0. The van der Waals surface area contributed by atoms with Crippen LogP contribution in [0.15, 0.2) is 24.3 Å². The number of fused-ring (bicyclic) bond motifs is 1. The van der Waals surface area contributed by atoms with E-state index >= 15 is 0 Å². The van der Waals surface area contributed by atoms with Gasteiger partial charge in [0.2, 0.25) is 0 Å². The Labute approximate surface area is 82.1 Å². The maximum absolute atomic E-state index is 11.1. The van der Waals surface area contributed by atoms with E-state index in [1.165, 1.54) is 5.56 Å². The highest BCUT2D eigenvalue weighted by atomic mass is 35.5. The first kappa shape index (κ1) is 8.57. The highest BCUT2D eigenvalue weighted by Crippen LogP contribution is 2.32. The number of rotatable bonds is 0. The van der Waals surface area contributed by atoms with Crippen LogP contribution in [-0.4, -0.2) is 11.4 Å². The maximum atomic E-state index is 11.1. The maximum Gasteiger partial charge on any atom is 0.321 e. The van der Waals surface area contributed by atoms with E-state index in [0.29, 0.717) is 0 Å². The Hall–Kier alpha value is -1.02. The van der Waals surface area contributed by atoms with Crippen LogP contribution >= 0.6 is 11.6 Å². The Kier molecular flexibility index (Phi) is 2.00. The van der Waals surface area contributed by atoms with Gasteiger partial charge in [0, 0.05) is 11.7 Å². The molecule has 0 radical (unpaired) electrons. The van der Waals surface area contributed by atoms with Gasteiger partial charge in [-0.15, -0.1) is 0 Å². The molecule has 0 N–H and O–H groups in total. The third-order valence-electron chi connectivity index (χ3n) is 2.40. The SMILES string of the molecule is CC1Cc2ccccc2N1C(=O)Cl. The molecule has 68 valence electrons. The van der Waals surface area contributed by atoms with Gasteiger partial charge >= 0.3 is 5.37 Å². The van der Waals surface area contributed by atoms with E-state index in [1.807, 2.05) is 31.2 Å². The summed E-state index contributed by atoms with van der Waals surface area (Å²) in [6.45, 7) is 2.00. The molecule has 0 bridgehead atoms. The van der Waals surface area contributed by atoms with Crippen LogP contribution in [0.1, 0.15) is 12.5 Å². The van der Waals surface area contributed by atoms with Gasteiger partial charge < -0.3 is 0 Å². The first-order valence-corrected chi connectivity index (χ1v) is 4.64. The minimum Gasteiger partial charge on any atom is -0.296 e. The molecule has 1 atom stereocenters. The third kappa shape index (κ3) is 1.31. The Balaban J connectivity index is 2.46. The summed E-state index contributed by atoms with van der Waals surface area (Å²) in [5.41, 5.74) is 2.15. The van der Waals surface area contributed by atoms with Crippen molar-refractivity contribution in [2.45, 2.75) is 19.4 Å². The summed E-state index contributed by atoms with van der Waals surface area (Å²) in [7, 11) is 0. The average Bonchev–Trinajstić information content (AvgIpc) is 2.39. The van der Waals surface area contributed by atoms with Gasteiger partial charge in [-0.3, -0.25) is 9.69 Å². The lowest BCUT2D eigenvalue weighted by Gasteiger charge is -2.18. The van der Waals surface area contributed by atoms with Gasteiger partial charge in [0.1, 0.15) is 0 Å². The lowest BCUT2D eigenvalue weighted by atomic mass is 10.1. The quantitative estimate of drug-likeness (QED) is 0.461. The summed E-state index contributed by atoms with van der Waals surface area (Å²) < 4.78 is 0. The molecule has 2 nitrogen and oxygen atoms in total. The molecular weight excluding hydrogens is 186 g/mol. The van der Waals surface area contributed by atoms with Crippen molar-refractivity contribution in [3.8, 4) is 0 Å². The van der Waals surface area contributed by atoms with Crippen LogP contribution in [0.2, 0.25) is 0 Å². The van der Waals surface area contributed by atoms with Gasteiger partial charge in [0.05, 0.1) is 0 Å². The standard InChI is InChI=1S/C10H10ClNO/c1-7-6-8-4-2-3-5-9(8)12(7)10(11)13/h2-5,7H,6H2,1H3. The summed E-state index contributed by atoms with van der Waals surface area (Å²) >= 11 is 5.49. The number of para-hydroxylation sites is 1. The molecule has 1 unspecified atom stereocenters. The van der Waals surface area contributed by atoms with E-state index in [9.17, 15) is 4.79 Å². The predicted octanol–water partition coefficient (Wildman–Crippen LogP) is 2.80. The van der Waals surface area contributed by atoms with E-state index in [1.54, 1.807) is 4.90 Å². The third-order valence-corrected chi connectivity index (χ3v) is 2.58. The van der Waals surface area contributed by atoms with Crippen molar-refractivity contribution in [2.24, 2.45) is 0 Å². The molecule has 1 aliphatic rings. The van der Waals surface area contributed by atoms with Crippen molar-refractivity contribution in [1.29, 1.82) is 0 Å². The Morgan fingerprint density at radius 2 is 2.23 bits per heavy atom. The van der Waals surface area contributed by atoms with Crippen molar-refractivity contribution in [1.82, 2.24) is 0 Å². The van der Waals surface area contributed by atoms with Crippen LogP contribution in [0.3, 0.4) is 0 Å². The second-order valence-corrected chi connectivity index (χ2v) is 3.63. The van der Waals surface area contributed by atoms with Crippen LogP contribution in [0.25, 0.3) is 0 Å². The first-order chi connectivity index (χ1) is 6.20. The zero-order valence-corrected chi connectivity index (χ0v) is 8.08. The Morgan fingerprint density at radius 1 is 1.54 bits per heavy atom. The predicted molar refractivity (Wildman–Crippen MR) is 53.3 cm³/mol. The summed E-state index contributed by atoms with van der Waals surface area (Å²) in [4.78, 5) is 12.7. The molecule has 1 aliphatic heterocycles. The second kappa shape index (κ2) is 3.04. The number of nitrogens with zero attached hydrogens (tertiary/aromatic N) is 1. The van der Waals surface area contributed by atoms with Gasteiger partial charge in [-0.05, 0) is 36.6 Å². The molecule has 1 aromatic rings. The minimum atomic E-state index is -0.391. The van der Waals surface area contributed by atoms with Crippen molar-refractivity contribution < 1.29 is 4.79 Å². The lowest BCUT2D eigenvalue weighted by Crippen LogP contribution is -2.31. The molecule has 2 rings (SSSR count). The molecule has 1 aromatic carbocycles. The monoisotopic (exact) mass is 195 g/mol. The van der Waals surface area contributed by atoms with Crippen LogP contribution in [0.4, 0.5) is 10.5 Å². The van der Waals surface area contributed by atoms with Gasteiger partial charge in [-0.1, -0.05) is 18.2 Å². The normalized spacial score (nSPS) is 20.2. The average molecular weight is 196 g/mol. The molecule has 1 heterocycles. The molecule has 0 spiro atoms. The van der Waals surface area contributed by atoms with Crippen LogP contribution in [0, 0.1) is 0 Å². The highest BCUT2D eigenvalue weighted by Gasteiger charge is 2.29. The largest absolute Gasteiger partial charge is 0.321 e. The second-order valence-electron chi connectivity index (χ2n) is 3.30. The zero-order chi connectivity index (χ0) is 9.42. The van der Waals surface area contributed by atoms with Gasteiger partial charge in [-0.25, -0.2) is 0 Å². The smallest absolute Gasteiger partial charge is 0.296 e. The van der Waals surface area contributed by atoms with Crippen LogP contribution in [0.5, 0.6) is 0 Å².